The molecule has 11 heteroatoms. The summed E-state index contributed by atoms with van der Waals surface area (Å²) in [6, 6.07) is 0. The SMILES string of the molecule is C=Cc1c(N)ncnc1N(C)CP(=O)(O)O[PH](=O)O. The normalized spacial score (nSPS) is 15.5. The summed E-state index contributed by atoms with van der Waals surface area (Å²) >= 11 is 0. The smallest absolute Gasteiger partial charge is 0.354 e. The van der Waals surface area contributed by atoms with Crippen molar-refractivity contribution >= 4 is 33.6 Å². The standard InChI is InChI=1S/C8H14N4O5P2/c1-3-6-7(9)10-4-11-8(6)12(2)5-19(15,16)17-18(13)14/h3-4,18H,1,5H2,2H3,(H,13,14)(H,15,16)(H2,9,10,11). The van der Waals surface area contributed by atoms with Gasteiger partial charge in [0, 0.05) is 7.05 Å². The third-order valence-electron chi connectivity index (χ3n) is 2.07. The molecule has 1 aromatic rings. The fourth-order valence-corrected chi connectivity index (χ4v) is 3.26. The van der Waals surface area contributed by atoms with Gasteiger partial charge in [0.25, 0.3) is 0 Å². The highest BCUT2D eigenvalue weighted by molar-refractivity contribution is 7.59. The van der Waals surface area contributed by atoms with Crippen LogP contribution in [0.4, 0.5) is 11.6 Å². The van der Waals surface area contributed by atoms with Gasteiger partial charge in [0.15, 0.2) is 0 Å². The average Bonchev–Trinajstić information content (AvgIpc) is 2.25. The summed E-state index contributed by atoms with van der Waals surface area (Å²) in [5.74, 6) is 0.425. The van der Waals surface area contributed by atoms with E-state index in [-0.39, 0.29) is 11.6 Å². The van der Waals surface area contributed by atoms with E-state index in [4.69, 9.17) is 10.6 Å². The van der Waals surface area contributed by atoms with Gasteiger partial charge in [-0.05, 0) is 0 Å². The molecule has 9 nitrogen and oxygen atoms in total. The van der Waals surface area contributed by atoms with Crippen LogP contribution in [-0.4, -0.2) is 33.1 Å². The van der Waals surface area contributed by atoms with Crippen LogP contribution in [0, 0.1) is 0 Å². The molecule has 0 bridgehead atoms. The number of anilines is 2. The molecule has 1 aromatic heterocycles. The van der Waals surface area contributed by atoms with Crippen LogP contribution in [0.1, 0.15) is 5.56 Å². The minimum absolute atomic E-state index is 0.163. The van der Waals surface area contributed by atoms with Gasteiger partial charge in [0.05, 0.1) is 5.56 Å². The van der Waals surface area contributed by atoms with E-state index in [1.165, 1.54) is 24.4 Å². The maximum Gasteiger partial charge on any atom is 0.354 e. The Kier molecular flexibility index (Phi) is 5.22. The number of hydrogen-bond donors (Lipinski definition) is 3. The molecule has 0 amide bonds. The largest absolute Gasteiger partial charge is 0.383 e. The van der Waals surface area contributed by atoms with Crippen molar-refractivity contribution in [2.45, 2.75) is 0 Å². The van der Waals surface area contributed by atoms with Crippen molar-refractivity contribution in [2.24, 2.45) is 0 Å². The van der Waals surface area contributed by atoms with Gasteiger partial charge in [-0.2, -0.15) is 0 Å². The van der Waals surface area contributed by atoms with Crippen molar-refractivity contribution in [1.29, 1.82) is 0 Å². The second-order valence-corrected chi connectivity index (χ2v) is 6.35. The van der Waals surface area contributed by atoms with Crippen LogP contribution >= 0.6 is 15.9 Å². The molecular weight excluding hydrogens is 294 g/mol. The zero-order valence-electron chi connectivity index (χ0n) is 10.1. The van der Waals surface area contributed by atoms with Crippen LogP contribution in [0.2, 0.25) is 0 Å². The lowest BCUT2D eigenvalue weighted by molar-refractivity contribution is 0.350. The van der Waals surface area contributed by atoms with Crippen molar-refractivity contribution in [3.8, 4) is 0 Å². The Balaban J connectivity index is 2.99. The van der Waals surface area contributed by atoms with Gasteiger partial charge in [-0.3, -0.25) is 9.13 Å². The average molecular weight is 308 g/mol. The predicted molar refractivity (Wildman–Crippen MR) is 71.9 cm³/mol. The Morgan fingerprint density at radius 3 is 2.84 bits per heavy atom. The lowest BCUT2D eigenvalue weighted by atomic mass is 10.2. The van der Waals surface area contributed by atoms with Gasteiger partial charge in [0.1, 0.15) is 24.2 Å². The van der Waals surface area contributed by atoms with E-state index < -0.39 is 22.1 Å². The molecule has 0 aromatic carbocycles. The Morgan fingerprint density at radius 2 is 2.32 bits per heavy atom. The molecule has 0 saturated carbocycles. The monoisotopic (exact) mass is 308 g/mol. The molecule has 1 heterocycles. The molecular formula is C8H14N4O5P2. The molecule has 0 aliphatic heterocycles. The van der Waals surface area contributed by atoms with E-state index in [0.717, 1.165) is 0 Å². The molecule has 106 valence electrons. The topological polar surface area (TPSA) is 139 Å². The maximum atomic E-state index is 11.5. The van der Waals surface area contributed by atoms with E-state index >= 15 is 0 Å². The number of hydrogen-bond acceptors (Lipinski definition) is 7. The lowest BCUT2D eigenvalue weighted by Gasteiger charge is -2.22. The maximum absolute atomic E-state index is 11.5. The van der Waals surface area contributed by atoms with E-state index in [9.17, 15) is 14.0 Å². The first-order valence-corrected chi connectivity index (χ1v) is 7.98. The summed E-state index contributed by atoms with van der Waals surface area (Å²) < 4.78 is 26.1. The molecule has 2 unspecified atom stereocenters. The number of rotatable bonds is 6. The van der Waals surface area contributed by atoms with Crippen LogP contribution in [0.3, 0.4) is 0 Å². The second kappa shape index (κ2) is 6.27. The zero-order chi connectivity index (χ0) is 14.6. The molecule has 0 spiro atoms. The fourth-order valence-electron chi connectivity index (χ4n) is 1.39. The molecule has 2 atom stereocenters. The van der Waals surface area contributed by atoms with Crippen molar-refractivity contribution in [1.82, 2.24) is 9.97 Å². The van der Waals surface area contributed by atoms with E-state index in [2.05, 4.69) is 20.9 Å². The summed E-state index contributed by atoms with van der Waals surface area (Å²) in [6.07, 6.45) is 2.06. The van der Waals surface area contributed by atoms with Gasteiger partial charge < -0.3 is 20.4 Å². The number of nitrogens with zero attached hydrogens (tertiary/aromatic N) is 3. The summed E-state index contributed by atoms with van der Waals surface area (Å²) in [4.78, 5) is 26.9. The van der Waals surface area contributed by atoms with Crippen LogP contribution in [0.25, 0.3) is 6.08 Å². The van der Waals surface area contributed by atoms with Crippen molar-refractivity contribution in [2.75, 3.05) is 24.0 Å². The molecule has 0 radical (unpaired) electrons. The molecule has 0 saturated heterocycles. The Bertz CT molecular complexity index is 552. The van der Waals surface area contributed by atoms with Gasteiger partial charge in [-0.1, -0.05) is 12.7 Å². The summed E-state index contributed by atoms with van der Waals surface area (Å²) in [7, 11) is -6.30. The summed E-state index contributed by atoms with van der Waals surface area (Å²) in [6.45, 7) is 3.55. The highest BCUT2D eigenvalue weighted by atomic mass is 31.2. The van der Waals surface area contributed by atoms with Crippen LogP contribution in [0.15, 0.2) is 12.9 Å². The highest BCUT2D eigenvalue weighted by Gasteiger charge is 2.26. The summed E-state index contributed by atoms with van der Waals surface area (Å²) in [5, 5.41) is 0. The Hall–Kier alpha value is -1.24. The van der Waals surface area contributed by atoms with E-state index in [1.807, 2.05) is 0 Å². The predicted octanol–water partition coefficient (Wildman–Crippen LogP) is 0.679. The van der Waals surface area contributed by atoms with Crippen molar-refractivity contribution in [3.05, 3.63) is 18.5 Å². The third kappa shape index (κ3) is 4.41. The number of nitrogen functional groups attached to an aromatic ring is 1. The zero-order valence-corrected chi connectivity index (χ0v) is 11.9. The molecule has 0 fully saturated rings. The molecule has 19 heavy (non-hydrogen) atoms. The van der Waals surface area contributed by atoms with Crippen LogP contribution in [-0.2, 0) is 13.4 Å². The first-order chi connectivity index (χ1) is 8.76. The summed E-state index contributed by atoms with van der Waals surface area (Å²) in [5.41, 5.74) is 6.01. The highest BCUT2D eigenvalue weighted by Crippen LogP contribution is 2.50. The van der Waals surface area contributed by atoms with E-state index in [1.54, 1.807) is 0 Å². The molecule has 0 aliphatic carbocycles. The lowest BCUT2D eigenvalue weighted by Crippen LogP contribution is -2.21. The first-order valence-electron chi connectivity index (χ1n) is 4.95. The number of nitrogens with two attached hydrogens (primary N) is 1. The molecule has 1 rings (SSSR count). The van der Waals surface area contributed by atoms with Crippen molar-refractivity contribution < 1.29 is 23.2 Å². The van der Waals surface area contributed by atoms with Gasteiger partial charge in [-0.25, -0.2) is 14.3 Å². The van der Waals surface area contributed by atoms with Gasteiger partial charge in [-0.15, -0.1) is 0 Å². The van der Waals surface area contributed by atoms with Gasteiger partial charge >= 0.3 is 15.9 Å². The van der Waals surface area contributed by atoms with Crippen LogP contribution in [0.5, 0.6) is 0 Å². The quantitative estimate of drug-likeness (QED) is 0.647. The van der Waals surface area contributed by atoms with E-state index in [0.29, 0.717) is 5.56 Å². The Labute approximate surface area is 110 Å². The van der Waals surface area contributed by atoms with Crippen molar-refractivity contribution in [3.63, 3.8) is 0 Å². The molecule has 4 N–H and O–H groups in total. The molecule has 0 aliphatic rings. The Morgan fingerprint density at radius 1 is 1.68 bits per heavy atom. The van der Waals surface area contributed by atoms with Crippen LogP contribution < -0.4 is 10.6 Å². The fraction of sp³-hybridized carbons (Fsp3) is 0.250. The number of aromatic nitrogens is 2. The third-order valence-corrected chi connectivity index (χ3v) is 4.62. The van der Waals surface area contributed by atoms with Gasteiger partial charge in [0.2, 0.25) is 0 Å². The minimum atomic E-state index is -4.24. The first kappa shape index (κ1) is 15.8. The second-order valence-electron chi connectivity index (χ2n) is 3.53. The minimum Gasteiger partial charge on any atom is -0.383 e.